The minimum Gasteiger partial charge on any atom is -0.423 e. The van der Waals surface area contributed by atoms with Gasteiger partial charge in [-0.05, 0) is 100 Å². The second kappa shape index (κ2) is 22.6. The summed E-state index contributed by atoms with van der Waals surface area (Å²) in [5.41, 5.74) is -0.566. The van der Waals surface area contributed by atoms with E-state index in [9.17, 15) is 39.6 Å². The van der Waals surface area contributed by atoms with Crippen LogP contribution in [0, 0.1) is 23.3 Å². The molecule has 0 aliphatic rings. The highest BCUT2D eigenvalue weighted by molar-refractivity contribution is 9.10. The van der Waals surface area contributed by atoms with E-state index in [0.29, 0.717) is 36.3 Å². The number of aromatic amines is 2. The number of sulfonamides is 2. The van der Waals surface area contributed by atoms with Crippen LogP contribution in [-0.2, 0) is 20.0 Å². The van der Waals surface area contributed by atoms with Crippen LogP contribution in [-0.4, -0.2) is 87.4 Å². The molecule has 0 spiro atoms. The van der Waals surface area contributed by atoms with Crippen molar-refractivity contribution in [2.75, 3.05) is 20.9 Å². The number of hydrogen-bond acceptors (Lipinski definition) is 12. The Kier molecular flexibility index (Phi) is 17.2. The van der Waals surface area contributed by atoms with E-state index < -0.39 is 84.5 Å². The Balaban J connectivity index is 0.000000194. The molecule has 0 aliphatic carbocycles. The number of H-pyrrole nitrogens is 2. The molecule has 4 aromatic carbocycles. The van der Waals surface area contributed by atoms with E-state index in [-0.39, 0.29) is 47.0 Å². The van der Waals surface area contributed by atoms with Crippen LogP contribution in [0.2, 0.25) is 10.0 Å². The van der Waals surface area contributed by atoms with E-state index in [2.05, 4.69) is 46.3 Å². The predicted octanol–water partition coefficient (Wildman–Crippen LogP) is 8.34. The van der Waals surface area contributed by atoms with Gasteiger partial charge < -0.3 is 10.0 Å². The Bertz CT molecular complexity index is 3470. The largest absolute Gasteiger partial charge is 0.488 e. The van der Waals surface area contributed by atoms with Gasteiger partial charge in [-0.1, -0.05) is 61.3 Å². The van der Waals surface area contributed by atoms with E-state index in [1.165, 1.54) is 6.20 Å². The van der Waals surface area contributed by atoms with E-state index in [1.54, 1.807) is 80.7 Å². The Morgan fingerprint density at radius 2 is 1.07 bits per heavy atom. The molecule has 4 heterocycles. The highest BCUT2D eigenvalue weighted by atomic mass is 79.9. The van der Waals surface area contributed by atoms with E-state index in [0.717, 1.165) is 29.8 Å². The van der Waals surface area contributed by atoms with Gasteiger partial charge in [0.15, 0.2) is 22.9 Å². The molecule has 8 aromatic rings. The predicted molar refractivity (Wildman–Crippen MR) is 262 cm³/mol. The van der Waals surface area contributed by atoms with Crippen molar-refractivity contribution < 1.29 is 54.0 Å². The minimum atomic E-state index is -3.98. The van der Waals surface area contributed by atoms with Crippen LogP contribution in [0.1, 0.15) is 58.8 Å². The first kappa shape index (κ1) is 53.1. The number of hydrogen-bond donors (Lipinski definition) is 6. The first-order chi connectivity index (χ1) is 33.1. The molecule has 0 bridgehead atoms. The number of carbonyl (C=O) groups excluding carboxylic acids is 2. The lowest BCUT2D eigenvalue weighted by Crippen LogP contribution is -2.29. The van der Waals surface area contributed by atoms with Crippen molar-refractivity contribution in [1.29, 1.82) is 0 Å². The number of nitrogens with one attached hydrogen (secondary N) is 4. The standard InChI is InChI=1S/C22H17ClF2N4O3S.C16H13BrF2N4O3S.C6H6BClO2/c1-2-9-33(31,32)29-20-17(24)8-7-15(18(20)25)21(30)19-16-10-13(11-26-22(16)28-27-19)12-3-5-14(23)6-4-12;1-2-5-27(25,26)23-14-11(18)4-3-9(12(14)19)15(24)13-10-6-8(17)7-20-16(10)22-21-13;8-6-3-1-5(2-4-6)7(9)10/h3-8,10-11,29H,2,9H2,1H3,(H,26,27,28);3-4,6-7,23H,2,5H2,1H3,(H,20,21,22);1-4,9-10H. The minimum absolute atomic E-state index is 0.0494. The number of halogens is 7. The molecule has 0 saturated carbocycles. The Hall–Kier alpha value is -6.28. The maximum atomic E-state index is 15.1. The number of pyridine rings is 2. The summed E-state index contributed by atoms with van der Waals surface area (Å²) in [6.45, 7) is 3.23. The molecule has 26 heteroatoms. The molecule has 4 aromatic heterocycles. The smallest absolute Gasteiger partial charge is 0.423 e. The van der Waals surface area contributed by atoms with Gasteiger partial charge in [0.05, 0.1) is 33.4 Å². The average molecular weight is 1110 g/mol. The number of fused-ring (bicyclic) bond motifs is 2. The molecule has 0 aliphatic heterocycles. The highest BCUT2D eigenvalue weighted by Crippen LogP contribution is 2.31. The third kappa shape index (κ3) is 12.7. The summed E-state index contributed by atoms with van der Waals surface area (Å²) in [6.07, 6.45) is 3.57. The summed E-state index contributed by atoms with van der Waals surface area (Å²) in [7, 11) is -9.33. The zero-order valence-corrected chi connectivity index (χ0v) is 41.0. The number of aromatic nitrogens is 6. The Morgan fingerprint density at radius 1 is 0.643 bits per heavy atom. The zero-order chi connectivity index (χ0) is 51.1. The van der Waals surface area contributed by atoms with Crippen molar-refractivity contribution >= 4 is 117 Å². The number of nitrogens with zero attached hydrogens (tertiary/aromatic N) is 4. The fourth-order valence-electron chi connectivity index (χ4n) is 6.42. The van der Waals surface area contributed by atoms with Crippen molar-refractivity contribution in [3.63, 3.8) is 0 Å². The molecular formula is C44H36BBrCl2F4N8O8S2. The van der Waals surface area contributed by atoms with Crippen LogP contribution >= 0.6 is 39.1 Å². The molecule has 0 unspecified atom stereocenters. The molecule has 0 radical (unpaired) electrons. The third-order valence-electron chi connectivity index (χ3n) is 9.72. The van der Waals surface area contributed by atoms with Crippen LogP contribution in [0.5, 0.6) is 0 Å². The number of benzene rings is 4. The lowest BCUT2D eigenvalue weighted by Gasteiger charge is -2.11. The third-order valence-corrected chi connectivity index (χ3v) is 13.6. The van der Waals surface area contributed by atoms with Crippen molar-refractivity contribution in [3.05, 3.63) is 158 Å². The average Bonchev–Trinajstić information content (AvgIpc) is 3.94. The molecular weight excluding hydrogens is 1070 g/mol. The van der Waals surface area contributed by atoms with Crippen molar-refractivity contribution in [3.8, 4) is 11.1 Å². The van der Waals surface area contributed by atoms with Gasteiger partial charge in [-0.2, -0.15) is 10.2 Å². The normalized spacial score (nSPS) is 11.4. The van der Waals surface area contributed by atoms with Gasteiger partial charge in [0, 0.05) is 32.5 Å². The second-order valence-electron chi connectivity index (χ2n) is 14.8. The molecule has 0 fully saturated rings. The van der Waals surface area contributed by atoms with Crippen molar-refractivity contribution in [1.82, 2.24) is 30.4 Å². The molecule has 364 valence electrons. The Labute approximate surface area is 415 Å². The number of rotatable bonds is 14. The van der Waals surface area contributed by atoms with E-state index >= 15 is 4.39 Å². The van der Waals surface area contributed by atoms with Gasteiger partial charge in [-0.3, -0.25) is 29.2 Å². The van der Waals surface area contributed by atoms with Crippen molar-refractivity contribution in [2.24, 2.45) is 0 Å². The summed E-state index contributed by atoms with van der Waals surface area (Å²) in [5, 5.41) is 32.0. The number of anilines is 2. The maximum absolute atomic E-state index is 15.1. The molecule has 16 nitrogen and oxygen atoms in total. The molecule has 6 N–H and O–H groups in total. The van der Waals surface area contributed by atoms with Gasteiger partial charge in [-0.15, -0.1) is 0 Å². The second-order valence-corrected chi connectivity index (χ2v) is 20.3. The number of ketones is 2. The summed E-state index contributed by atoms with van der Waals surface area (Å²) in [5.74, 6) is -7.16. The molecule has 0 saturated heterocycles. The van der Waals surface area contributed by atoms with Gasteiger partial charge >= 0.3 is 7.12 Å². The maximum Gasteiger partial charge on any atom is 0.488 e. The monoisotopic (exact) mass is 1100 g/mol. The topological polar surface area (TPSA) is 250 Å². The molecule has 0 amide bonds. The van der Waals surface area contributed by atoms with E-state index in [1.807, 2.05) is 9.44 Å². The summed E-state index contributed by atoms with van der Waals surface area (Å²) in [4.78, 5) is 34.1. The zero-order valence-electron chi connectivity index (χ0n) is 36.2. The van der Waals surface area contributed by atoms with Crippen LogP contribution in [0.25, 0.3) is 33.2 Å². The Morgan fingerprint density at radius 3 is 1.51 bits per heavy atom. The lowest BCUT2D eigenvalue weighted by molar-refractivity contribution is 0.102. The van der Waals surface area contributed by atoms with Crippen LogP contribution in [0.4, 0.5) is 28.9 Å². The van der Waals surface area contributed by atoms with Crippen LogP contribution < -0.4 is 14.9 Å². The van der Waals surface area contributed by atoms with E-state index in [4.69, 9.17) is 33.2 Å². The summed E-state index contributed by atoms with van der Waals surface area (Å²) >= 11 is 14.7. The molecule has 0 atom stereocenters. The van der Waals surface area contributed by atoms with Gasteiger partial charge in [-0.25, -0.2) is 44.4 Å². The fraction of sp³-hybridized carbons (Fsp3) is 0.136. The molecule has 70 heavy (non-hydrogen) atoms. The summed E-state index contributed by atoms with van der Waals surface area (Å²) < 4.78 is 110. The first-order valence-corrected chi connectivity index (χ1v) is 25.3. The van der Waals surface area contributed by atoms with Crippen LogP contribution in [0.3, 0.4) is 0 Å². The fourth-order valence-corrected chi connectivity index (χ4v) is 9.28. The number of carbonyl (C=O) groups is 2. The van der Waals surface area contributed by atoms with Crippen molar-refractivity contribution in [2.45, 2.75) is 26.7 Å². The van der Waals surface area contributed by atoms with Gasteiger partial charge in [0.25, 0.3) is 0 Å². The molecule has 8 rings (SSSR count). The first-order valence-electron chi connectivity index (χ1n) is 20.4. The van der Waals surface area contributed by atoms with Gasteiger partial charge in [0.2, 0.25) is 31.6 Å². The summed E-state index contributed by atoms with van der Waals surface area (Å²) in [6, 6.07) is 20.1. The SMILES string of the molecule is CCCS(=O)(=O)Nc1c(F)ccc(C(=O)c2[nH]nc3ncc(-c4ccc(Cl)cc4)cc23)c1F.CCCS(=O)(=O)Nc1c(F)ccc(C(=O)c2[nH]nc3ncc(Br)cc23)c1F.OB(O)c1ccc(Cl)cc1. The lowest BCUT2D eigenvalue weighted by atomic mass is 9.81. The van der Waals surface area contributed by atoms with Crippen LogP contribution in [0.15, 0.2) is 102 Å². The highest BCUT2D eigenvalue weighted by Gasteiger charge is 2.27. The quantitative estimate of drug-likeness (QED) is 0.0342. The van der Waals surface area contributed by atoms with Gasteiger partial charge in [0.1, 0.15) is 34.4 Å².